The van der Waals surface area contributed by atoms with Crippen molar-refractivity contribution in [2.45, 2.75) is 24.6 Å². The van der Waals surface area contributed by atoms with Gasteiger partial charge >= 0.3 is 0 Å². The molecule has 1 unspecified atom stereocenters. The summed E-state index contributed by atoms with van der Waals surface area (Å²) in [4.78, 5) is 0. The molecule has 1 saturated heterocycles. The number of thioether (sulfide) groups is 2. The zero-order valence-electron chi connectivity index (χ0n) is 8.98. The van der Waals surface area contributed by atoms with Gasteiger partial charge in [0.1, 0.15) is 10.1 Å². The minimum absolute atomic E-state index is 0.691. The summed E-state index contributed by atoms with van der Waals surface area (Å²) in [6.07, 6.45) is 4.39. The smallest absolute Gasteiger partial charge is 0.134 e. The molecule has 1 fully saturated rings. The van der Waals surface area contributed by atoms with Crippen LogP contribution < -0.4 is 5.32 Å². The van der Waals surface area contributed by atoms with E-state index in [2.05, 4.69) is 17.1 Å². The van der Waals surface area contributed by atoms with Gasteiger partial charge in [0.2, 0.25) is 0 Å². The van der Waals surface area contributed by atoms with Gasteiger partial charge in [-0.05, 0) is 30.7 Å². The predicted molar refractivity (Wildman–Crippen MR) is 76.1 cm³/mol. The standard InChI is InChI=1S/C11H15NOS3/c14-11(12-7-9-3-1-5-13-9)16-8-10-4-2-6-15-10/h1,3,5,10H,2,4,6-8H2,(H,12,14). The van der Waals surface area contributed by atoms with Gasteiger partial charge in [0.05, 0.1) is 12.8 Å². The molecule has 0 aromatic carbocycles. The lowest BCUT2D eigenvalue weighted by Gasteiger charge is -2.09. The molecule has 2 nitrogen and oxygen atoms in total. The highest BCUT2D eigenvalue weighted by atomic mass is 32.2. The number of hydrogen-bond donors (Lipinski definition) is 1. The van der Waals surface area contributed by atoms with E-state index in [0.717, 1.165) is 21.1 Å². The van der Waals surface area contributed by atoms with E-state index >= 15 is 0 Å². The fraction of sp³-hybridized carbons (Fsp3) is 0.545. The van der Waals surface area contributed by atoms with Crippen LogP contribution in [-0.2, 0) is 6.54 Å². The number of rotatable bonds is 4. The first kappa shape index (κ1) is 12.3. The highest BCUT2D eigenvalue weighted by molar-refractivity contribution is 8.23. The Morgan fingerprint density at radius 2 is 2.62 bits per heavy atom. The van der Waals surface area contributed by atoms with E-state index in [1.807, 2.05) is 12.1 Å². The first-order chi connectivity index (χ1) is 7.84. The van der Waals surface area contributed by atoms with Crippen LogP contribution in [0.25, 0.3) is 0 Å². The van der Waals surface area contributed by atoms with Crippen LogP contribution in [0.1, 0.15) is 18.6 Å². The van der Waals surface area contributed by atoms with Crippen molar-refractivity contribution >= 4 is 40.1 Å². The van der Waals surface area contributed by atoms with Crippen molar-refractivity contribution in [1.29, 1.82) is 0 Å². The van der Waals surface area contributed by atoms with Gasteiger partial charge < -0.3 is 9.73 Å². The van der Waals surface area contributed by atoms with Gasteiger partial charge in [0.25, 0.3) is 0 Å². The molecule has 1 aromatic heterocycles. The summed E-state index contributed by atoms with van der Waals surface area (Å²) in [5, 5.41) is 4.00. The monoisotopic (exact) mass is 273 g/mol. The second-order valence-corrected chi connectivity index (χ2v) is 6.77. The maximum Gasteiger partial charge on any atom is 0.134 e. The van der Waals surface area contributed by atoms with Crippen molar-refractivity contribution in [3.8, 4) is 0 Å². The number of furan rings is 1. The predicted octanol–water partition coefficient (Wildman–Crippen LogP) is 3.28. The molecule has 0 saturated carbocycles. The minimum Gasteiger partial charge on any atom is -0.467 e. The highest BCUT2D eigenvalue weighted by Crippen LogP contribution is 2.28. The van der Waals surface area contributed by atoms with E-state index in [9.17, 15) is 0 Å². The molecular weight excluding hydrogens is 258 g/mol. The Morgan fingerprint density at radius 1 is 1.69 bits per heavy atom. The fourth-order valence-electron chi connectivity index (χ4n) is 1.57. The molecule has 0 spiro atoms. The lowest BCUT2D eigenvalue weighted by molar-refractivity contribution is 0.504. The third-order valence-electron chi connectivity index (χ3n) is 2.41. The Labute approximate surface area is 110 Å². The highest BCUT2D eigenvalue weighted by Gasteiger charge is 2.16. The lowest BCUT2D eigenvalue weighted by Crippen LogP contribution is -2.19. The molecule has 1 aliphatic rings. The molecular formula is C11H15NOS3. The second kappa shape index (κ2) is 6.57. The maximum absolute atomic E-state index is 5.26. The van der Waals surface area contributed by atoms with Crippen molar-refractivity contribution in [3.63, 3.8) is 0 Å². The summed E-state index contributed by atoms with van der Waals surface area (Å²) < 4.78 is 6.10. The van der Waals surface area contributed by atoms with Crippen LogP contribution in [0, 0.1) is 0 Å². The Kier molecular flexibility index (Phi) is 5.06. The molecule has 0 radical (unpaired) electrons. The molecule has 0 aliphatic carbocycles. The Hall–Kier alpha value is -0.130. The van der Waals surface area contributed by atoms with Crippen molar-refractivity contribution in [2.24, 2.45) is 0 Å². The average Bonchev–Trinajstić information content (AvgIpc) is 2.96. The van der Waals surface area contributed by atoms with Crippen LogP contribution in [0.5, 0.6) is 0 Å². The van der Waals surface area contributed by atoms with Gasteiger partial charge in [0.15, 0.2) is 0 Å². The molecule has 0 amide bonds. The molecule has 5 heteroatoms. The first-order valence-electron chi connectivity index (χ1n) is 5.39. The molecule has 1 aliphatic heterocycles. The molecule has 2 heterocycles. The van der Waals surface area contributed by atoms with Crippen molar-refractivity contribution in [3.05, 3.63) is 24.2 Å². The zero-order chi connectivity index (χ0) is 11.2. The van der Waals surface area contributed by atoms with Crippen LogP contribution in [-0.4, -0.2) is 21.1 Å². The molecule has 1 N–H and O–H groups in total. The lowest BCUT2D eigenvalue weighted by atomic mass is 10.3. The summed E-state index contributed by atoms with van der Waals surface area (Å²) in [7, 11) is 0. The first-order valence-corrected chi connectivity index (χ1v) is 7.83. The number of thiocarbonyl (C=S) groups is 1. The average molecular weight is 273 g/mol. The summed E-state index contributed by atoms with van der Waals surface area (Å²) in [6, 6.07) is 3.84. The Morgan fingerprint density at radius 3 is 3.31 bits per heavy atom. The molecule has 88 valence electrons. The van der Waals surface area contributed by atoms with Crippen molar-refractivity contribution in [1.82, 2.24) is 5.32 Å². The van der Waals surface area contributed by atoms with Crippen molar-refractivity contribution < 1.29 is 4.42 Å². The van der Waals surface area contributed by atoms with E-state index in [1.165, 1.54) is 18.6 Å². The van der Waals surface area contributed by atoms with Gasteiger partial charge in [0, 0.05) is 11.0 Å². The van der Waals surface area contributed by atoms with Gasteiger partial charge in [-0.3, -0.25) is 0 Å². The van der Waals surface area contributed by atoms with Crippen LogP contribution in [0.4, 0.5) is 0 Å². The zero-order valence-corrected chi connectivity index (χ0v) is 11.4. The fourth-order valence-corrected chi connectivity index (χ4v) is 4.11. The Bertz CT molecular complexity index is 320. The largest absolute Gasteiger partial charge is 0.467 e. The molecule has 2 rings (SSSR count). The molecule has 1 atom stereocenters. The topological polar surface area (TPSA) is 25.2 Å². The van der Waals surface area contributed by atoms with Crippen LogP contribution in [0.3, 0.4) is 0 Å². The second-order valence-electron chi connectivity index (χ2n) is 3.67. The van der Waals surface area contributed by atoms with Crippen LogP contribution >= 0.6 is 35.7 Å². The van der Waals surface area contributed by atoms with Crippen LogP contribution in [0.15, 0.2) is 22.8 Å². The van der Waals surface area contributed by atoms with Crippen LogP contribution in [0.2, 0.25) is 0 Å². The Balaban J connectivity index is 1.60. The van der Waals surface area contributed by atoms with E-state index < -0.39 is 0 Å². The van der Waals surface area contributed by atoms with Gasteiger partial charge in [-0.15, -0.1) is 0 Å². The van der Waals surface area contributed by atoms with Gasteiger partial charge in [-0.1, -0.05) is 24.0 Å². The van der Waals surface area contributed by atoms with E-state index in [-0.39, 0.29) is 0 Å². The number of hydrogen-bond acceptors (Lipinski definition) is 4. The SMILES string of the molecule is S=C(NCc1ccco1)SCC1CCCS1. The minimum atomic E-state index is 0.691. The summed E-state index contributed by atoms with van der Waals surface area (Å²) in [6.45, 7) is 0.691. The summed E-state index contributed by atoms with van der Waals surface area (Å²) in [5.74, 6) is 3.38. The quantitative estimate of drug-likeness (QED) is 0.849. The number of nitrogens with one attached hydrogen (secondary N) is 1. The van der Waals surface area contributed by atoms with Crippen molar-refractivity contribution in [2.75, 3.05) is 11.5 Å². The molecule has 0 bridgehead atoms. The van der Waals surface area contributed by atoms with Gasteiger partial charge in [-0.2, -0.15) is 11.8 Å². The normalized spacial score (nSPS) is 19.9. The van der Waals surface area contributed by atoms with E-state index in [0.29, 0.717) is 6.54 Å². The molecule has 1 aromatic rings. The third-order valence-corrected chi connectivity index (χ3v) is 5.49. The third kappa shape index (κ3) is 4.03. The van der Waals surface area contributed by atoms with E-state index in [4.69, 9.17) is 16.6 Å². The summed E-state index contributed by atoms with van der Waals surface area (Å²) in [5.41, 5.74) is 0. The molecule has 16 heavy (non-hydrogen) atoms. The van der Waals surface area contributed by atoms with Gasteiger partial charge in [-0.25, -0.2) is 0 Å². The van der Waals surface area contributed by atoms with E-state index in [1.54, 1.807) is 18.0 Å². The maximum atomic E-state index is 5.26. The summed E-state index contributed by atoms with van der Waals surface area (Å²) >= 11 is 9.09.